The Labute approximate surface area is 180 Å². The van der Waals surface area contributed by atoms with Gasteiger partial charge in [0.1, 0.15) is 5.00 Å². The Morgan fingerprint density at radius 1 is 1.20 bits per heavy atom. The number of nitrogens with zero attached hydrogens (tertiary/aromatic N) is 1. The number of carbonyl (C=O) groups excluding carboxylic acids is 3. The number of esters is 1. The fourth-order valence-corrected chi connectivity index (χ4v) is 4.88. The summed E-state index contributed by atoms with van der Waals surface area (Å²) in [6.45, 7) is 8.82. The van der Waals surface area contributed by atoms with Crippen molar-refractivity contribution in [3.8, 4) is 0 Å². The minimum atomic E-state index is -0.616. The molecule has 0 saturated carbocycles. The Hall–Kier alpha value is -2.93. The van der Waals surface area contributed by atoms with Crippen molar-refractivity contribution in [2.24, 2.45) is 0 Å². The van der Waals surface area contributed by atoms with Crippen molar-refractivity contribution >= 4 is 39.7 Å². The van der Waals surface area contributed by atoms with Crippen molar-refractivity contribution in [1.82, 2.24) is 0 Å². The van der Waals surface area contributed by atoms with E-state index in [1.165, 1.54) is 18.3 Å². The number of aryl methyl sites for hydroxylation is 1. The Morgan fingerprint density at radius 3 is 2.50 bits per heavy atom. The van der Waals surface area contributed by atoms with Crippen molar-refractivity contribution < 1.29 is 19.1 Å². The maximum atomic E-state index is 12.6. The van der Waals surface area contributed by atoms with E-state index in [2.05, 4.69) is 25.2 Å². The lowest BCUT2D eigenvalue weighted by Gasteiger charge is -2.23. The molecule has 3 rings (SSSR count). The van der Waals surface area contributed by atoms with Crippen LogP contribution >= 0.6 is 11.3 Å². The maximum Gasteiger partial charge on any atom is 0.341 e. The smallest absolute Gasteiger partial charge is 0.341 e. The number of ether oxygens (including phenoxy) is 1. The Balaban J connectivity index is 1.76. The van der Waals surface area contributed by atoms with Gasteiger partial charge in [-0.3, -0.25) is 9.59 Å². The second kappa shape index (κ2) is 8.07. The predicted octanol–water partition coefficient (Wildman–Crippen LogP) is 4.36. The molecule has 1 aliphatic heterocycles. The molecule has 7 heteroatoms. The highest BCUT2D eigenvalue weighted by atomic mass is 32.1. The number of benzene rings is 1. The monoisotopic (exact) mass is 426 g/mol. The van der Waals surface area contributed by atoms with Gasteiger partial charge in [-0.1, -0.05) is 32.0 Å². The second-order valence-corrected chi connectivity index (χ2v) is 9.17. The highest BCUT2D eigenvalue weighted by molar-refractivity contribution is 7.16. The van der Waals surface area contributed by atoms with Gasteiger partial charge in [0.25, 0.3) is 0 Å². The summed E-state index contributed by atoms with van der Waals surface area (Å²) in [5.74, 6) is -1.18. The molecule has 0 aliphatic carbocycles. The van der Waals surface area contributed by atoms with Crippen LogP contribution in [0, 0.1) is 13.8 Å². The van der Waals surface area contributed by atoms with Crippen molar-refractivity contribution in [2.45, 2.75) is 40.0 Å². The number of anilines is 2. The van der Waals surface area contributed by atoms with Gasteiger partial charge in [-0.2, -0.15) is 0 Å². The number of nitrogens with one attached hydrogen (secondary N) is 1. The summed E-state index contributed by atoms with van der Waals surface area (Å²) in [5.41, 5.74) is 3.78. The van der Waals surface area contributed by atoms with Crippen LogP contribution in [-0.2, 0) is 19.7 Å². The summed E-state index contributed by atoms with van der Waals surface area (Å²) in [7, 11) is 1.93. The summed E-state index contributed by atoms with van der Waals surface area (Å²) in [5, 5.41) is 3.11. The van der Waals surface area contributed by atoms with Gasteiger partial charge in [-0.05, 0) is 31.0 Å². The van der Waals surface area contributed by atoms with E-state index in [0.717, 1.165) is 27.4 Å². The van der Waals surface area contributed by atoms with Gasteiger partial charge in [0.2, 0.25) is 5.91 Å². The van der Waals surface area contributed by atoms with E-state index < -0.39 is 5.97 Å². The lowest BCUT2D eigenvalue weighted by atomic mass is 9.83. The summed E-state index contributed by atoms with van der Waals surface area (Å²) in [6.07, 6.45) is 1.55. The average molecular weight is 427 g/mol. The van der Waals surface area contributed by atoms with E-state index in [9.17, 15) is 14.4 Å². The molecular weight excluding hydrogens is 400 g/mol. The lowest BCUT2D eigenvalue weighted by Crippen LogP contribution is -2.25. The van der Waals surface area contributed by atoms with Crippen LogP contribution in [-0.4, -0.2) is 31.3 Å². The number of hydrogen-bond donors (Lipinski definition) is 1. The standard InChI is InChI=1S/C23H26N2O4S/c1-13-14(2)30-21(24-15(3)26)20(13)22(28)29-12-16(27)11-19-23(4,5)17-9-7-8-10-18(17)25(19)6/h7-11H,12H2,1-6H3,(H,24,26). The number of likely N-dealkylation sites (N-methyl/N-ethyl adjacent to an activating group) is 1. The number of fused-ring (bicyclic) bond motifs is 1. The lowest BCUT2D eigenvalue weighted by molar-refractivity contribution is -0.117. The van der Waals surface area contributed by atoms with Gasteiger partial charge < -0.3 is 15.0 Å². The topological polar surface area (TPSA) is 75.7 Å². The van der Waals surface area contributed by atoms with Crippen LogP contribution < -0.4 is 10.2 Å². The quantitative estimate of drug-likeness (QED) is 0.568. The Bertz CT molecular complexity index is 1070. The first-order chi connectivity index (χ1) is 14.0. The largest absolute Gasteiger partial charge is 0.454 e. The molecule has 0 saturated heterocycles. The second-order valence-electron chi connectivity index (χ2n) is 7.94. The van der Waals surface area contributed by atoms with Crippen LogP contribution in [0.3, 0.4) is 0 Å². The molecule has 2 aromatic rings. The first-order valence-electron chi connectivity index (χ1n) is 9.67. The zero-order valence-electron chi connectivity index (χ0n) is 18.1. The Kier molecular flexibility index (Phi) is 5.85. The molecule has 30 heavy (non-hydrogen) atoms. The highest BCUT2D eigenvalue weighted by Crippen LogP contribution is 2.46. The van der Waals surface area contributed by atoms with Crippen molar-refractivity contribution in [3.63, 3.8) is 0 Å². The van der Waals surface area contributed by atoms with Gasteiger partial charge >= 0.3 is 5.97 Å². The molecule has 0 radical (unpaired) electrons. The van der Waals surface area contributed by atoms with E-state index >= 15 is 0 Å². The van der Waals surface area contributed by atoms with Crippen LogP contribution in [0.1, 0.15) is 47.1 Å². The third kappa shape index (κ3) is 3.89. The molecular formula is C23H26N2O4S. The molecule has 0 atom stereocenters. The number of carbonyl (C=O) groups is 3. The number of para-hydroxylation sites is 1. The molecule has 6 nitrogen and oxygen atoms in total. The van der Waals surface area contributed by atoms with Crippen LogP contribution in [0.25, 0.3) is 0 Å². The van der Waals surface area contributed by atoms with E-state index in [0.29, 0.717) is 10.6 Å². The molecule has 0 fully saturated rings. The summed E-state index contributed by atoms with van der Waals surface area (Å²) in [6, 6.07) is 8.03. The fraction of sp³-hybridized carbons (Fsp3) is 0.348. The fourth-order valence-electron chi connectivity index (χ4n) is 3.78. The number of rotatable bonds is 5. The number of amides is 1. The van der Waals surface area contributed by atoms with Crippen LogP contribution in [0.2, 0.25) is 0 Å². The third-order valence-electron chi connectivity index (χ3n) is 5.46. The van der Waals surface area contributed by atoms with E-state index in [-0.39, 0.29) is 23.7 Å². The first-order valence-corrected chi connectivity index (χ1v) is 10.5. The maximum absolute atomic E-state index is 12.6. The number of ketones is 1. The Morgan fingerprint density at radius 2 is 1.87 bits per heavy atom. The summed E-state index contributed by atoms with van der Waals surface area (Å²) >= 11 is 1.31. The van der Waals surface area contributed by atoms with Crippen LogP contribution in [0.5, 0.6) is 0 Å². The number of allylic oxidation sites excluding steroid dienone is 1. The van der Waals surface area contributed by atoms with Crippen molar-refractivity contribution in [3.05, 3.63) is 57.6 Å². The molecule has 0 spiro atoms. The first kappa shape index (κ1) is 21.8. The zero-order valence-corrected chi connectivity index (χ0v) is 18.9. The summed E-state index contributed by atoms with van der Waals surface area (Å²) in [4.78, 5) is 39.6. The third-order valence-corrected chi connectivity index (χ3v) is 6.59. The molecule has 1 aromatic carbocycles. The van der Waals surface area contributed by atoms with Gasteiger partial charge in [0, 0.05) is 41.7 Å². The number of hydrogen-bond acceptors (Lipinski definition) is 6. The average Bonchev–Trinajstić information content (AvgIpc) is 3.05. The van der Waals surface area contributed by atoms with Gasteiger partial charge in [-0.25, -0.2) is 4.79 Å². The minimum Gasteiger partial charge on any atom is -0.454 e. The van der Waals surface area contributed by atoms with Gasteiger partial charge in [0.15, 0.2) is 12.4 Å². The minimum absolute atomic E-state index is 0.267. The normalized spacial score (nSPS) is 15.8. The van der Waals surface area contributed by atoms with Gasteiger partial charge in [-0.15, -0.1) is 11.3 Å². The molecule has 158 valence electrons. The van der Waals surface area contributed by atoms with Crippen molar-refractivity contribution in [2.75, 3.05) is 23.9 Å². The van der Waals surface area contributed by atoms with E-state index in [1.807, 2.05) is 37.1 Å². The van der Waals surface area contributed by atoms with Crippen molar-refractivity contribution in [1.29, 1.82) is 0 Å². The SMILES string of the molecule is CC(=O)Nc1sc(C)c(C)c1C(=O)OCC(=O)C=C1N(C)c2ccccc2C1(C)C. The molecule has 1 amide bonds. The summed E-state index contributed by atoms with van der Waals surface area (Å²) < 4.78 is 5.30. The molecule has 2 heterocycles. The highest BCUT2D eigenvalue weighted by Gasteiger charge is 2.38. The zero-order chi connectivity index (χ0) is 22.2. The van der Waals surface area contributed by atoms with Crippen LogP contribution in [0.15, 0.2) is 36.0 Å². The van der Waals surface area contributed by atoms with Crippen LogP contribution in [0.4, 0.5) is 10.7 Å². The molecule has 1 aromatic heterocycles. The predicted molar refractivity (Wildman–Crippen MR) is 119 cm³/mol. The number of thiophene rings is 1. The molecule has 1 aliphatic rings. The molecule has 0 unspecified atom stereocenters. The van der Waals surface area contributed by atoms with E-state index in [4.69, 9.17) is 4.74 Å². The van der Waals surface area contributed by atoms with E-state index in [1.54, 1.807) is 13.0 Å². The van der Waals surface area contributed by atoms with Gasteiger partial charge in [0.05, 0.1) is 5.56 Å². The molecule has 1 N–H and O–H groups in total. The molecule has 0 bridgehead atoms.